The fourth-order valence-corrected chi connectivity index (χ4v) is 1.40. The molecule has 0 aromatic rings. The molecule has 0 saturated heterocycles. The lowest BCUT2D eigenvalue weighted by atomic mass is 9.84. The zero-order valence-corrected chi connectivity index (χ0v) is 8.81. The maximum atomic E-state index is 12.5. The summed E-state index contributed by atoms with van der Waals surface area (Å²) in [5, 5.41) is 11.3. The highest BCUT2D eigenvalue weighted by Crippen LogP contribution is 2.37. The van der Waals surface area contributed by atoms with Crippen molar-refractivity contribution in [1.29, 1.82) is 5.26 Å². The number of halogens is 2. The van der Waals surface area contributed by atoms with Gasteiger partial charge < -0.3 is 5.32 Å². The Morgan fingerprint density at radius 1 is 1.67 bits per heavy atom. The summed E-state index contributed by atoms with van der Waals surface area (Å²) in [6.07, 6.45) is -0.258. The second-order valence-corrected chi connectivity index (χ2v) is 4.23. The quantitative estimate of drug-likeness (QED) is 0.782. The number of nitrogens with one attached hydrogen (secondary N) is 1. The van der Waals surface area contributed by atoms with Gasteiger partial charge in [-0.2, -0.15) is 5.26 Å². The molecule has 0 aromatic heterocycles. The van der Waals surface area contributed by atoms with Gasteiger partial charge in [0.1, 0.15) is 5.41 Å². The molecule has 0 spiro atoms. The summed E-state index contributed by atoms with van der Waals surface area (Å²) in [5.74, 6) is -3.10. The summed E-state index contributed by atoms with van der Waals surface area (Å²) in [4.78, 5) is 11.6. The van der Waals surface area contributed by atoms with Crippen LogP contribution in [0.2, 0.25) is 0 Å². The average Bonchev–Trinajstić information content (AvgIpc) is 2.13. The fourth-order valence-electron chi connectivity index (χ4n) is 1.40. The molecule has 15 heavy (non-hydrogen) atoms. The van der Waals surface area contributed by atoms with Gasteiger partial charge in [0.2, 0.25) is 5.91 Å². The van der Waals surface area contributed by atoms with Crippen LogP contribution in [0, 0.1) is 16.7 Å². The normalized spacial score (nSPS) is 23.4. The first-order valence-corrected chi connectivity index (χ1v) is 4.93. The number of amides is 1. The summed E-state index contributed by atoms with van der Waals surface area (Å²) in [6, 6.07) is 1.42. The molecule has 1 aliphatic rings. The Morgan fingerprint density at radius 2 is 2.20 bits per heavy atom. The van der Waals surface area contributed by atoms with Gasteiger partial charge >= 0.3 is 0 Å². The Balaban J connectivity index is 2.48. The Morgan fingerprint density at radius 3 is 2.53 bits per heavy atom. The molecule has 1 N–H and O–H groups in total. The zero-order chi connectivity index (χ0) is 11.7. The Kier molecular flexibility index (Phi) is 2.98. The van der Waals surface area contributed by atoms with Crippen LogP contribution < -0.4 is 5.32 Å². The van der Waals surface area contributed by atoms with Crippen LogP contribution in [0.3, 0.4) is 0 Å². The van der Waals surface area contributed by atoms with Gasteiger partial charge in [-0.25, -0.2) is 8.78 Å². The van der Waals surface area contributed by atoms with E-state index in [2.05, 4.69) is 5.32 Å². The van der Waals surface area contributed by atoms with Crippen molar-refractivity contribution in [2.45, 2.75) is 45.1 Å². The van der Waals surface area contributed by atoms with Crippen molar-refractivity contribution in [3.8, 4) is 6.07 Å². The van der Waals surface area contributed by atoms with Crippen LogP contribution in [-0.2, 0) is 4.79 Å². The first kappa shape index (κ1) is 11.9. The van der Waals surface area contributed by atoms with Gasteiger partial charge in [0, 0.05) is 18.9 Å². The summed E-state index contributed by atoms with van der Waals surface area (Å²) >= 11 is 0. The van der Waals surface area contributed by atoms with E-state index in [0.29, 0.717) is 6.42 Å². The van der Waals surface area contributed by atoms with Crippen LogP contribution >= 0.6 is 0 Å². The second-order valence-electron chi connectivity index (χ2n) is 4.23. The van der Waals surface area contributed by atoms with Crippen molar-refractivity contribution in [3.63, 3.8) is 0 Å². The summed E-state index contributed by atoms with van der Waals surface area (Å²) in [5.41, 5.74) is -1.11. The van der Waals surface area contributed by atoms with E-state index in [-0.39, 0.29) is 12.8 Å². The number of hydrogen-bond acceptors (Lipinski definition) is 2. The molecule has 84 valence electrons. The lowest BCUT2D eigenvalue weighted by Crippen LogP contribution is -2.53. The molecule has 0 radical (unpaired) electrons. The maximum absolute atomic E-state index is 12.5. The van der Waals surface area contributed by atoms with Crippen LogP contribution in [0.25, 0.3) is 0 Å². The molecule has 1 atom stereocenters. The van der Waals surface area contributed by atoms with E-state index in [4.69, 9.17) is 5.26 Å². The molecule has 1 aliphatic carbocycles. The van der Waals surface area contributed by atoms with E-state index in [1.54, 1.807) is 6.92 Å². The van der Waals surface area contributed by atoms with E-state index in [1.165, 1.54) is 6.92 Å². The topological polar surface area (TPSA) is 52.9 Å². The molecule has 1 fully saturated rings. The molecule has 0 heterocycles. The number of carbonyl (C=O) groups excluding carboxylic acids is 1. The first-order valence-electron chi connectivity index (χ1n) is 4.93. The van der Waals surface area contributed by atoms with Crippen molar-refractivity contribution in [2.24, 2.45) is 5.41 Å². The highest BCUT2D eigenvalue weighted by molar-refractivity contribution is 5.85. The van der Waals surface area contributed by atoms with Gasteiger partial charge in [-0.05, 0) is 13.3 Å². The second kappa shape index (κ2) is 3.76. The number of rotatable bonds is 3. The third-order valence-electron chi connectivity index (χ3n) is 2.88. The predicted octanol–water partition coefficient (Wildman–Crippen LogP) is 1.84. The third kappa shape index (κ3) is 2.44. The monoisotopic (exact) mass is 216 g/mol. The maximum Gasteiger partial charge on any atom is 0.252 e. The van der Waals surface area contributed by atoms with Crippen LogP contribution in [0.15, 0.2) is 0 Å². The van der Waals surface area contributed by atoms with Crippen molar-refractivity contribution < 1.29 is 13.6 Å². The minimum atomic E-state index is -2.65. The van der Waals surface area contributed by atoms with Crippen LogP contribution in [-0.4, -0.2) is 17.9 Å². The van der Waals surface area contributed by atoms with Gasteiger partial charge in [-0.3, -0.25) is 4.79 Å². The predicted molar refractivity (Wildman–Crippen MR) is 50.1 cm³/mol. The summed E-state index contributed by atoms with van der Waals surface area (Å²) in [6.45, 7) is 3.23. The molecule has 1 amide bonds. The standard InChI is InChI=1S/C10H14F2N2O/c1-3-9(2,6-13)8(15)14-7-4-10(11,12)5-7/h7H,3-5H2,1-2H3,(H,14,15). The molecular weight excluding hydrogens is 202 g/mol. The van der Waals surface area contributed by atoms with E-state index < -0.39 is 23.3 Å². The Hall–Kier alpha value is -1.18. The summed E-state index contributed by atoms with van der Waals surface area (Å²) < 4.78 is 25.0. The molecule has 1 rings (SSSR count). The van der Waals surface area contributed by atoms with Gasteiger partial charge in [-0.1, -0.05) is 6.92 Å². The van der Waals surface area contributed by atoms with E-state index in [1.807, 2.05) is 6.07 Å². The fraction of sp³-hybridized carbons (Fsp3) is 0.800. The Bertz CT molecular complexity index is 303. The highest BCUT2D eigenvalue weighted by atomic mass is 19.3. The van der Waals surface area contributed by atoms with Crippen molar-refractivity contribution in [1.82, 2.24) is 5.32 Å². The average molecular weight is 216 g/mol. The van der Waals surface area contributed by atoms with E-state index in [0.717, 1.165) is 0 Å². The number of alkyl halides is 2. The lowest BCUT2D eigenvalue weighted by molar-refractivity contribution is -0.135. The molecule has 5 heteroatoms. The van der Waals surface area contributed by atoms with Crippen molar-refractivity contribution in [2.75, 3.05) is 0 Å². The van der Waals surface area contributed by atoms with Crippen LogP contribution in [0.1, 0.15) is 33.1 Å². The SMILES string of the molecule is CCC(C)(C#N)C(=O)NC1CC(F)(F)C1. The number of carbonyl (C=O) groups is 1. The number of nitriles is 1. The van der Waals surface area contributed by atoms with Gasteiger partial charge in [0.25, 0.3) is 5.92 Å². The minimum absolute atomic E-state index is 0.316. The largest absolute Gasteiger partial charge is 0.352 e. The van der Waals surface area contributed by atoms with E-state index in [9.17, 15) is 13.6 Å². The molecule has 1 unspecified atom stereocenters. The number of hydrogen-bond donors (Lipinski definition) is 1. The zero-order valence-electron chi connectivity index (χ0n) is 8.81. The summed E-state index contributed by atoms with van der Waals surface area (Å²) in [7, 11) is 0. The third-order valence-corrected chi connectivity index (χ3v) is 2.88. The van der Waals surface area contributed by atoms with Gasteiger partial charge in [0.05, 0.1) is 6.07 Å². The number of nitrogens with zero attached hydrogens (tertiary/aromatic N) is 1. The van der Waals surface area contributed by atoms with Crippen molar-refractivity contribution >= 4 is 5.91 Å². The smallest absolute Gasteiger partial charge is 0.252 e. The molecule has 0 bridgehead atoms. The molecule has 3 nitrogen and oxygen atoms in total. The highest BCUT2D eigenvalue weighted by Gasteiger charge is 2.47. The van der Waals surface area contributed by atoms with E-state index >= 15 is 0 Å². The molecule has 0 aromatic carbocycles. The molecule has 1 saturated carbocycles. The first-order chi connectivity index (χ1) is 6.83. The molecular formula is C10H14F2N2O. The van der Waals surface area contributed by atoms with Gasteiger partial charge in [-0.15, -0.1) is 0 Å². The molecule has 0 aliphatic heterocycles. The van der Waals surface area contributed by atoms with Crippen molar-refractivity contribution in [3.05, 3.63) is 0 Å². The van der Waals surface area contributed by atoms with Crippen LogP contribution in [0.5, 0.6) is 0 Å². The minimum Gasteiger partial charge on any atom is -0.352 e. The van der Waals surface area contributed by atoms with Gasteiger partial charge in [0.15, 0.2) is 0 Å². The Labute approximate surface area is 87.5 Å². The van der Waals surface area contributed by atoms with Crippen LogP contribution in [0.4, 0.5) is 8.78 Å². The lowest BCUT2D eigenvalue weighted by Gasteiger charge is -2.36.